The van der Waals surface area contributed by atoms with Crippen LogP contribution in [0.3, 0.4) is 0 Å². The normalized spacial score (nSPS) is 21.5. The number of pyridine rings is 1. The zero-order valence-corrected chi connectivity index (χ0v) is 20.4. The molecule has 0 spiro atoms. The molecule has 0 aliphatic carbocycles. The molecule has 8 heteroatoms. The van der Waals surface area contributed by atoms with E-state index in [1.807, 2.05) is 39.1 Å². The highest BCUT2D eigenvalue weighted by Gasteiger charge is 2.38. The average Bonchev–Trinajstić information content (AvgIpc) is 3.33. The highest BCUT2D eigenvalue weighted by molar-refractivity contribution is 6.32. The van der Waals surface area contributed by atoms with Crippen LogP contribution in [0.25, 0.3) is 11.1 Å². The lowest BCUT2D eigenvalue weighted by molar-refractivity contribution is -0.111. The molecule has 3 aliphatic rings. The van der Waals surface area contributed by atoms with Crippen LogP contribution in [0.2, 0.25) is 0 Å². The summed E-state index contributed by atoms with van der Waals surface area (Å²) in [5.41, 5.74) is 2.79. The molecule has 2 aromatic rings. The highest BCUT2D eigenvalue weighted by Crippen LogP contribution is 2.44. The lowest BCUT2D eigenvalue weighted by atomic mass is 9.93. The van der Waals surface area contributed by atoms with Crippen molar-refractivity contribution in [3.05, 3.63) is 65.3 Å². The van der Waals surface area contributed by atoms with Gasteiger partial charge < -0.3 is 19.7 Å². The summed E-state index contributed by atoms with van der Waals surface area (Å²) in [5.74, 6) is 0.764. The number of aromatic nitrogens is 1. The summed E-state index contributed by atoms with van der Waals surface area (Å²) in [6, 6.07) is 8.40. The molecular formula is C27H31FN4O3. The van der Waals surface area contributed by atoms with Gasteiger partial charge in [-0.1, -0.05) is 0 Å². The number of allylic oxidation sites excluding steroid dienone is 1. The lowest BCUT2D eigenvalue weighted by Gasteiger charge is -2.35. The Bertz CT molecular complexity index is 1180. The molecule has 1 aromatic carbocycles. The van der Waals surface area contributed by atoms with Gasteiger partial charge in [0.25, 0.3) is 5.91 Å². The highest BCUT2D eigenvalue weighted by atomic mass is 19.1. The van der Waals surface area contributed by atoms with Crippen molar-refractivity contribution < 1.29 is 18.7 Å². The van der Waals surface area contributed by atoms with Crippen LogP contribution in [-0.4, -0.2) is 67.3 Å². The second-order valence-corrected chi connectivity index (χ2v) is 9.48. The largest absolute Gasteiger partial charge is 0.482 e. The first-order valence-corrected chi connectivity index (χ1v) is 12.1. The third kappa shape index (κ3) is 4.68. The van der Waals surface area contributed by atoms with Crippen LogP contribution >= 0.6 is 0 Å². The summed E-state index contributed by atoms with van der Waals surface area (Å²) >= 11 is 0. The molecule has 184 valence electrons. The maximum atomic E-state index is 13.6. The maximum absolute atomic E-state index is 13.6. The quantitative estimate of drug-likeness (QED) is 0.501. The number of ether oxygens (including phenoxy) is 2. The van der Waals surface area contributed by atoms with Crippen molar-refractivity contribution in [2.24, 2.45) is 0 Å². The number of hydrogen-bond donors (Lipinski definition) is 1. The molecule has 5 rings (SSSR count). The number of piperazine rings is 1. The number of nitrogens with zero attached hydrogens (tertiary/aromatic N) is 3. The summed E-state index contributed by atoms with van der Waals surface area (Å²) in [7, 11) is 0. The molecule has 1 amide bonds. The molecule has 0 bridgehead atoms. The topological polar surface area (TPSA) is 66.9 Å². The van der Waals surface area contributed by atoms with Crippen LogP contribution in [0, 0.1) is 5.82 Å². The van der Waals surface area contributed by atoms with E-state index < -0.39 is 11.4 Å². The molecule has 0 saturated carbocycles. The average molecular weight is 479 g/mol. The van der Waals surface area contributed by atoms with Gasteiger partial charge in [0.1, 0.15) is 23.0 Å². The number of hydrogen-bond acceptors (Lipinski definition) is 6. The Labute approximate surface area is 205 Å². The first-order valence-electron chi connectivity index (χ1n) is 12.1. The third-order valence-electron chi connectivity index (χ3n) is 6.77. The van der Waals surface area contributed by atoms with Crippen molar-refractivity contribution in [1.82, 2.24) is 9.88 Å². The van der Waals surface area contributed by atoms with Crippen molar-refractivity contribution in [2.75, 3.05) is 56.2 Å². The number of amides is 1. The van der Waals surface area contributed by atoms with Gasteiger partial charge in [-0.3, -0.25) is 9.69 Å². The molecule has 0 atom stereocenters. The second-order valence-electron chi connectivity index (χ2n) is 9.48. The van der Waals surface area contributed by atoms with Crippen molar-refractivity contribution in [3.63, 3.8) is 0 Å². The Morgan fingerprint density at radius 3 is 2.69 bits per heavy atom. The number of fused-ring (bicyclic) bond motifs is 1. The molecule has 1 N–H and O–H groups in total. The monoisotopic (exact) mass is 478 g/mol. The van der Waals surface area contributed by atoms with Gasteiger partial charge in [0, 0.05) is 62.2 Å². The molecule has 3 aliphatic heterocycles. The summed E-state index contributed by atoms with van der Waals surface area (Å²) < 4.78 is 25.3. The summed E-state index contributed by atoms with van der Waals surface area (Å²) in [6.45, 7) is 12.3. The lowest BCUT2D eigenvalue weighted by Crippen LogP contribution is -2.47. The minimum Gasteiger partial charge on any atom is -0.482 e. The van der Waals surface area contributed by atoms with E-state index in [-0.39, 0.29) is 5.91 Å². The number of carbonyl (C=O) groups is 1. The van der Waals surface area contributed by atoms with Gasteiger partial charge in [-0.15, -0.1) is 0 Å². The minimum atomic E-state index is -0.638. The van der Waals surface area contributed by atoms with Crippen LogP contribution in [0.15, 0.2) is 48.4 Å². The van der Waals surface area contributed by atoms with Crippen LogP contribution in [-0.2, 0) is 14.3 Å². The van der Waals surface area contributed by atoms with E-state index in [4.69, 9.17) is 14.5 Å². The Hall–Kier alpha value is -3.23. The maximum Gasteiger partial charge on any atom is 0.260 e. The van der Waals surface area contributed by atoms with E-state index >= 15 is 0 Å². The predicted octanol–water partition coefficient (Wildman–Crippen LogP) is 3.93. The molecule has 7 nitrogen and oxygen atoms in total. The van der Waals surface area contributed by atoms with E-state index in [1.54, 1.807) is 6.07 Å². The molecule has 1 saturated heterocycles. The Morgan fingerprint density at radius 1 is 1.17 bits per heavy atom. The van der Waals surface area contributed by atoms with Gasteiger partial charge in [0.15, 0.2) is 0 Å². The number of rotatable bonds is 6. The van der Waals surface area contributed by atoms with E-state index in [1.165, 1.54) is 12.1 Å². The van der Waals surface area contributed by atoms with Crippen molar-refractivity contribution in [2.45, 2.75) is 26.4 Å². The van der Waals surface area contributed by atoms with Gasteiger partial charge in [-0.2, -0.15) is 0 Å². The SMILES string of the molecule is CCOCCN1CCN(c2ccc(C3=C/C(=C4\C(=O)Nc5cc(F)ccc54)OC3(C)C)cn2)CC1. The standard InChI is InChI=1S/C27H31FN4O3/c1-4-34-14-13-31-9-11-32(12-10-31)24-8-5-18(17-29-24)21-16-23(35-27(21,2)3)25-20-7-6-19(28)15-22(20)30-26(25)33/h5-8,15-17H,4,9-14H2,1-3H3,(H,30,33)/b25-23+. The molecule has 1 fully saturated rings. The molecule has 0 radical (unpaired) electrons. The van der Waals surface area contributed by atoms with Crippen LogP contribution in [0.4, 0.5) is 15.9 Å². The van der Waals surface area contributed by atoms with Crippen molar-refractivity contribution >= 4 is 28.6 Å². The Morgan fingerprint density at radius 2 is 1.97 bits per heavy atom. The summed E-state index contributed by atoms with van der Waals surface area (Å²) in [5, 5.41) is 2.73. The van der Waals surface area contributed by atoms with Gasteiger partial charge in [0.2, 0.25) is 0 Å². The Kier molecular flexibility index (Phi) is 6.34. The molecular weight excluding hydrogens is 447 g/mol. The molecule has 0 unspecified atom stereocenters. The Balaban J connectivity index is 1.34. The van der Waals surface area contributed by atoms with Crippen LogP contribution in [0.5, 0.6) is 0 Å². The predicted molar refractivity (Wildman–Crippen MR) is 134 cm³/mol. The van der Waals surface area contributed by atoms with E-state index in [2.05, 4.69) is 21.2 Å². The second kappa shape index (κ2) is 9.43. The smallest absolute Gasteiger partial charge is 0.260 e. The number of anilines is 2. The van der Waals surface area contributed by atoms with Gasteiger partial charge in [0.05, 0.1) is 17.9 Å². The number of benzene rings is 1. The molecule has 1 aromatic heterocycles. The summed E-state index contributed by atoms with van der Waals surface area (Å²) in [6.07, 6.45) is 3.78. The van der Waals surface area contributed by atoms with E-state index in [0.29, 0.717) is 22.6 Å². The van der Waals surface area contributed by atoms with E-state index in [0.717, 1.165) is 62.9 Å². The first-order chi connectivity index (χ1) is 16.9. The van der Waals surface area contributed by atoms with Gasteiger partial charge in [-0.25, -0.2) is 9.37 Å². The summed E-state index contributed by atoms with van der Waals surface area (Å²) in [4.78, 5) is 22.1. The first kappa shape index (κ1) is 23.5. The fourth-order valence-electron chi connectivity index (χ4n) is 4.88. The zero-order valence-electron chi connectivity index (χ0n) is 20.4. The fourth-order valence-corrected chi connectivity index (χ4v) is 4.88. The number of halogens is 1. The molecule has 35 heavy (non-hydrogen) atoms. The van der Waals surface area contributed by atoms with Gasteiger partial charge >= 0.3 is 0 Å². The van der Waals surface area contributed by atoms with Crippen molar-refractivity contribution in [1.29, 1.82) is 0 Å². The minimum absolute atomic E-state index is 0.289. The fraction of sp³-hybridized carbons (Fsp3) is 0.407. The number of carbonyl (C=O) groups excluding carboxylic acids is 1. The van der Waals surface area contributed by atoms with E-state index in [9.17, 15) is 9.18 Å². The van der Waals surface area contributed by atoms with Crippen LogP contribution < -0.4 is 10.2 Å². The third-order valence-corrected chi connectivity index (χ3v) is 6.77. The van der Waals surface area contributed by atoms with Crippen molar-refractivity contribution in [3.8, 4) is 0 Å². The zero-order chi connectivity index (χ0) is 24.6. The number of nitrogens with one attached hydrogen (secondary N) is 1. The van der Waals surface area contributed by atoms with Crippen LogP contribution in [0.1, 0.15) is 31.9 Å². The van der Waals surface area contributed by atoms with Gasteiger partial charge in [-0.05, 0) is 57.2 Å². The molecule has 4 heterocycles.